The lowest BCUT2D eigenvalue weighted by molar-refractivity contribution is -0.140. The molecule has 11 heteroatoms. The van der Waals surface area contributed by atoms with Crippen molar-refractivity contribution in [2.45, 2.75) is 31.8 Å². The molecule has 0 aliphatic carbocycles. The molecule has 0 unspecified atom stereocenters. The van der Waals surface area contributed by atoms with Gasteiger partial charge >= 0.3 is 5.97 Å². The van der Waals surface area contributed by atoms with Gasteiger partial charge in [-0.2, -0.15) is 4.98 Å². The van der Waals surface area contributed by atoms with E-state index in [1.165, 1.54) is 19.2 Å². The Balaban J connectivity index is 1.48. The van der Waals surface area contributed by atoms with Crippen molar-refractivity contribution in [2.75, 3.05) is 44.1 Å². The minimum atomic E-state index is -0.316. The number of anilines is 2. The van der Waals surface area contributed by atoms with Crippen molar-refractivity contribution in [1.29, 1.82) is 0 Å². The van der Waals surface area contributed by atoms with Gasteiger partial charge < -0.3 is 19.3 Å². The fourth-order valence-corrected chi connectivity index (χ4v) is 5.09. The quantitative estimate of drug-likeness (QED) is 0.414. The van der Waals surface area contributed by atoms with Gasteiger partial charge in [-0.05, 0) is 28.1 Å². The van der Waals surface area contributed by atoms with Gasteiger partial charge in [0.1, 0.15) is 28.2 Å². The summed E-state index contributed by atoms with van der Waals surface area (Å²) in [5, 5.41) is 0.887. The molecule has 1 aromatic carbocycles. The van der Waals surface area contributed by atoms with E-state index in [0.29, 0.717) is 23.6 Å². The van der Waals surface area contributed by atoms with Crippen LogP contribution in [0.1, 0.15) is 25.1 Å². The number of benzene rings is 1. The highest BCUT2D eigenvalue weighted by molar-refractivity contribution is 9.10. The van der Waals surface area contributed by atoms with Crippen LogP contribution in [0.25, 0.3) is 10.3 Å². The summed E-state index contributed by atoms with van der Waals surface area (Å²) in [6.07, 6.45) is 2.23. The number of hydrogen-bond donors (Lipinski definition) is 0. The molecule has 0 spiro atoms. The number of carbonyl (C=O) groups is 1. The molecule has 8 nitrogen and oxygen atoms in total. The van der Waals surface area contributed by atoms with E-state index in [-0.39, 0.29) is 24.3 Å². The van der Waals surface area contributed by atoms with E-state index in [0.717, 1.165) is 46.1 Å². The lowest BCUT2D eigenvalue weighted by atomic mass is 10.1. The highest BCUT2D eigenvalue weighted by Gasteiger charge is 2.25. The molecule has 2 aromatic heterocycles. The minimum Gasteiger partial charge on any atom is -0.489 e. The summed E-state index contributed by atoms with van der Waals surface area (Å²) >= 11 is 4.98. The zero-order valence-electron chi connectivity index (χ0n) is 18.7. The van der Waals surface area contributed by atoms with Crippen LogP contribution in [-0.4, -0.2) is 61.3 Å². The normalized spacial score (nSPS) is 14.5. The summed E-state index contributed by atoms with van der Waals surface area (Å²) in [5.74, 6) is 1.28. The summed E-state index contributed by atoms with van der Waals surface area (Å²) in [6.45, 7) is 1.55. The van der Waals surface area contributed by atoms with Gasteiger partial charge in [0, 0.05) is 52.5 Å². The Morgan fingerprint density at radius 1 is 1.27 bits per heavy atom. The number of ether oxygens (including phenoxy) is 2. The zero-order valence-corrected chi connectivity index (χ0v) is 21.1. The largest absolute Gasteiger partial charge is 0.489 e. The van der Waals surface area contributed by atoms with Crippen LogP contribution >= 0.6 is 27.3 Å². The van der Waals surface area contributed by atoms with Crippen molar-refractivity contribution >= 4 is 54.5 Å². The first kappa shape index (κ1) is 23.6. The van der Waals surface area contributed by atoms with Gasteiger partial charge in [0.2, 0.25) is 0 Å². The molecule has 1 fully saturated rings. The number of hydrogen-bond acceptors (Lipinski definition) is 9. The molecule has 0 atom stereocenters. The van der Waals surface area contributed by atoms with Crippen molar-refractivity contribution < 1.29 is 18.7 Å². The minimum absolute atomic E-state index is 0.00998. The maximum absolute atomic E-state index is 13.6. The molecule has 0 amide bonds. The topological polar surface area (TPSA) is 80.7 Å². The van der Waals surface area contributed by atoms with E-state index < -0.39 is 0 Å². The second kappa shape index (κ2) is 10.2. The maximum atomic E-state index is 13.6. The molecule has 1 aliphatic heterocycles. The number of thiazole rings is 1. The number of halogens is 2. The first-order chi connectivity index (χ1) is 15.8. The van der Waals surface area contributed by atoms with Crippen LogP contribution in [0.3, 0.4) is 0 Å². The van der Waals surface area contributed by atoms with Crippen LogP contribution in [-0.2, 0) is 16.0 Å². The standard InChI is InChI=1S/C22H25BrFN5O3S/c1-28(2)21-19-20(25-17(26-21)6-7-18(30)31-3)27-22(33-19)29-10-8-14(9-11-29)32-16-12-13(24)4-5-15(16)23/h4-5,12,14H,6-11H2,1-3H3. The predicted molar refractivity (Wildman–Crippen MR) is 130 cm³/mol. The lowest BCUT2D eigenvalue weighted by Gasteiger charge is -2.32. The molecular formula is C22H25BrFN5O3S. The second-order valence-electron chi connectivity index (χ2n) is 7.96. The van der Waals surface area contributed by atoms with Gasteiger partial charge in [-0.25, -0.2) is 14.4 Å². The average molecular weight is 538 g/mol. The molecule has 0 saturated carbocycles. The first-order valence-electron chi connectivity index (χ1n) is 10.6. The Labute approximate surface area is 203 Å². The summed E-state index contributed by atoms with van der Waals surface area (Å²) in [5.41, 5.74) is 0.635. The van der Waals surface area contributed by atoms with E-state index in [9.17, 15) is 9.18 Å². The van der Waals surface area contributed by atoms with Crippen molar-refractivity contribution in [2.24, 2.45) is 0 Å². The van der Waals surface area contributed by atoms with Gasteiger partial charge in [0.15, 0.2) is 16.6 Å². The van der Waals surface area contributed by atoms with Gasteiger partial charge in [-0.1, -0.05) is 11.3 Å². The molecule has 0 bridgehead atoms. The van der Waals surface area contributed by atoms with Gasteiger partial charge in [-0.15, -0.1) is 0 Å². The second-order valence-corrected chi connectivity index (χ2v) is 9.79. The molecule has 1 saturated heterocycles. The molecule has 3 aromatic rings. The molecular weight excluding hydrogens is 513 g/mol. The van der Waals surface area contributed by atoms with Gasteiger partial charge in [-0.3, -0.25) is 4.79 Å². The van der Waals surface area contributed by atoms with Crippen LogP contribution in [0.15, 0.2) is 22.7 Å². The molecule has 0 N–H and O–H groups in total. The predicted octanol–water partition coefficient (Wildman–Crippen LogP) is 4.21. The van der Waals surface area contributed by atoms with Crippen LogP contribution in [0.5, 0.6) is 5.75 Å². The summed E-state index contributed by atoms with van der Waals surface area (Å²) in [7, 11) is 5.23. The van der Waals surface area contributed by atoms with E-state index >= 15 is 0 Å². The van der Waals surface area contributed by atoms with E-state index in [1.54, 1.807) is 17.4 Å². The van der Waals surface area contributed by atoms with Gasteiger partial charge in [0.05, 0.1) is 18.0 Å². The molecule has 1 aliphatic rings. The zero-order chi connectivity index (χ0) is 23.5. The summed E-state index contributed by atoms with van der Waals surface area (Å²) in [6, 6.07) is 4.46. The third-order valence-corrected chi connectivity index (χ3v) is 7.13. The number of fused-ring (bicyclic) bond motifs is 1. The number of carbonyl (C=O) groups excluding carboxylic acids is 1. The van der Waals surface area contributed by atoms with Crippen molar-refractivity contribution in [1.82, 2.24) is 15.0 Å². The Kier molecular flexibility index (Phi) is 7.28. The first-order valence-corrected chi connectivity index (χ1v) is 12.2. The van der Waals surface area contributed by atoms with Crippen molar-refractivity contribution in [3.05, 3.63) is 34.3 Å². The SMILES string of the molecule is COC(=O)CCc1nc(N(C)C)c2sc(N3CCC(Oc4cc(F)ccc4Br)CC3)nc2n1. The smallest absolute Gasteiger partial charge is 0.305 e. The Morgan fingerprint density at radius 3 is 2.73 bits per heavy atom. The Hall–Kier alpha value is -2.53. The number of aromatic nitrogens is 3. The number of rotatable bonds is 7. The molecule has 33 heavy (non-hydrogen) atoms. The number of nitrogens with zero attached hydrogens (tertiary/aromatic N) is 5. The van der Waals surface area contributed by atoms with Gasteiger partial charge in [0.25, 0.3) is 0 Å². The highest BCUT2D eigenvalue weighted by atomic mass is 79.9. The number of esters is 1. The molecule has 3 heterocycles. The number of methoxy groups -OCH3 is 1. The lowest BCUT2D eigenvalue weighted by Crippen LogP contribution is -2.38. The fraction of sp³-hybridized carbons (Fsp3) is 0.455. The number of aryl methyl sites for hydroxylation is 1. The van der Waals surface area contributed by atoms with E-state index in [4.69, 9.17) is 14.5 Å². The fourth-order valence-electron chi connectivity index (χ4n) is 3.62. The van der Waals surface area contributed by atoms with Crippen LogP contribution in [0, 0.1) is 5.82 Å². The number of piperidine rings is 1. The Bertz CT molecular complexity index is 1150. The van der Waals surface area contributed by atoms with E-state index in [1.807, 2.05) is 19.0 Å². The van der Waals surface area contributed by atoms with Crippen LogP contribution < -0.4 is 14.5 Å². The molecule has 176 valence electrons. The summed E-state index contributed by atoms with van der Waals surface area (Å²) in [4.78, 5) is 29.7. The van der Waals surface area contributed by atoms with E-state index in [2.05, 4.69) is 30.8 Å². The van der Waals surface area contributed by atoms with Crippen molar-refractivity contribution in [3.8, 4) is 5.75 Å². The molecule has 0 radical (unpaired) electrons. The monoisotopic (exact) mass is 537 g/mol. The average Bonchev–Trinajstić information content (AvgIpc) is 3.23. The molecule has 4 rings (SSSR count). The maximum Gasteiger partial charge on any atom is 0.305 e. The Morgan fingerprint density at radius 2 is 2.03 bits per heavy atom. The third kappa shape index (κ3) is 5.52. The highest BCUT2D eigenvalue weighted by Crippen LogP contribution is 2.35. The third-order valence-electron chi connectivity index (χ3n) is 5.37. The van der Waals surface area contributed by atoms with Crippen LogP contribution in [0.4, 0.5) is 15.3 Å². The van der Waals surface area contributed by atoms with Crippen molar-refractivity contribution in [3.63, 3.8) is 0 Å². The summed E-state index contributed by atoms with van der Waals surface area (Å²) < 4.78 is 26.0. The van der Waals surface area contributed by atoms with Crippen LogP contribution in [0.2, 0.25) is 0 Å².